The Bertz CT molecular complexity index is 721. The van der Waals surface area contributed by atoms with E-state index in [1.807, 2.05) is 0 Å². The maximum Gasteiger partial charge on any atom is 0.228 e. The van der Waals surface area contributed by atoms with Crippen LogP contribution in [0.4, 0.5) is 8.78 Å². The highest BCUT2D eigenvalue weighted by Crippen LogP contribution is 2.24. The molecular formula is C15H8F2O2. The molecule has 19 heavy (non-hydrogen) atoms. The summed E-state index contributed by atoms with van der Waals surface area (Å²) < 4.78 is 31.4. The lowest BCUT2D eigenvalue weighted by molar-refractivity contribution is 0.101. The van der Waals surface area contributed by atoms with E-state index in [2.05, 4.69) is 0 Å². The minimum absolute atomic E-state index is 0.0613. The van der Waals surface area contributed by atoms with Crippen LogP contribution >= 0.6 is 0 Å². The lowest BCUT2D eigenvalue weighted by Gasteiger charge is -1.95. The van der Waals surface area contributed by atoms with Crippen LogP contribution in [0.3, 0.4) is 0 Å². The molecule has 3 aromatic rings. The molecule has 4 heteroatoms. The third-order valence-electron chi connectivity index (χ3n) is 2.82. The van der Waals surface area contributed by atoms with Crippen molar-refractivity contribution in [2.75, 3.05) is 0 Å². The van der Waals surface area contributed by atoms with Gasteiger partial charge in [0.15, 0.2) is 17.4 Å². The van der Waals surface area contributed by atoms with E-state index in [4.69, 9.17) is 4.42 Å². The Hall–Kier alpha value is -2.49. The summed E-state index contributed by atoms with van der Waals surface area (Å²) in [6.07, 6.45) is 0. The third kappa shape index (κ3) is 2.01. The smallest absolute Gasteiger partial charge is 0.228 e. The molecule has 0 radical (unpaired) electrons. The number of rotatable bonds is 2. The average molecular weight is 258 g/mol. The summed E-state index contributed by atoms with van der Waals surface area (Å²) in [5.41, 5.74) is 0.612. The minimum Gasteiger partial charge on any atom is -0.452 e. The molecule has 0 bridgehead atoms. The van der Waals surface area contributed by atoms with Crippen molar-refractivity contribution in [1.29, 1.82) is 0 Å². The normalized spacial score (nSPS) is 10.8. The number of benzene rings is 2. The van der Waals surface area contributed by atoms with E-state index < -0.39 is 11.6 Å². The maximum atomic E-state index is 13.1. The van der Waals surface area contributed by atoms with E-state index in [0.717, 1.165) is 12.1 Å². The van der Waals surface area contributed by atoms with E-state index >= 15 is 0 Å². The fourth-order valence-corrected chi connectivity index (χ4v) is 1.88. The Morgan fingerprint density at radius 3 is 2.37 bits per heavy atom. The lowest BCUT2D eigenvalue weighted by Crippen LogP contribution is -1.98. The van der Waals surface area contributed by atoms with Gasteiger partial charge in [-0.05, 0) is 12.1 Å². The summed E-state index contributed by atoms with van der Waals surface area (Å²) in [7, 11) is 0. The third-order valence-corrected chi connectivity index (χ3v) is 2.82. The number of fused-ring (bicyclic) bond motifs is 1. The van der Waals surface area contributed by atoms with Crippen LogP contribution in [0.5, 0.6) is 0 Å². The van der Waals surface area contributed by atoms with Crippen LogP contribution in [0.25, 0.3) is 11.0 Å². The molecule has 0 spiro atoms. The number of ketones is 1. The molecule has 1 heterocycles. The molecule has 3 rings (SSSR count). The molecule has 0 saturated carbocycles. The van der Waals surface area contributed by atoms with Crippen molar-refractivity contribution >= 4 is 16.8 Å². The Morgan fingerprint density at radius 1 is 0.947 bits per heavy atom. The lowest BCUT2D eigenvalue weighted by atomic mass is 10.1. The van der Waals surface area contributed by atoms with Crippen LogP contribution in [0.1, 0.15) is 16.1 Å². The molecule has 0 amide bonds. The van der Waals surface area contributed by atoms with E-state index in [0.29, 0.717) is 10.9 Å². The van der Waals surface area contributed by atoms with Crippen molar-refractivity contribution in [3.05, 3.63) is 71.5 Å². The van der Waals surface area contributed by atoms with Gasteiger partial charge in [0.25, 0.3) is 0 Å². The first-order chi connectivity index (χ1) is 9.15. The Labute approximate surface area is 107 Å². The molecule has 94 valence electrons. The predicted molar refractivity (Wildman–Crippen MR) is 66.0 cm³/mol. The molecule has 0 aliphatic heterocycles. The molecule has 1 aromatic heterocycles. The summed E-state index contributed by atoms with van der Waals surface area (Å²) in [5.74, 6) is -2.23. The zero-order valence-electron chi connectivity index (χ0n) is 9.69. The quantitative estimate of drug-likeness (QED) is 0.652. The van der Waals surface area contributed by atoms with Crippen LogP contribution < -0.4 is 0 Å². The summed E-state index contributed by atoms with van der Waals surface area (Å²) in [6, 6.07) is 11.9. The summed E-state index contributed by atoms with van der Waals surface area (Å²) in [4.78, 5) is 12.1. The van der Waals surface area contributed by atoms with Crippen molar-refractivity contribution in [1.82, 2.24) is 0 Å². The van der Waals surface area contributed by atoms with Gasteiger partial charge in [-0.15, -0.1) is 0 Å². The zero-order valence-corrected chi connectivity index (χ0v) is 9.69. The molecule has 0 N–H and O–H groups in total. The van der Waals surface area contributed by atoms with Crippen LogP contribution in [-0.2, 0) is 0 Å². The number of furan rings is 1. The molecular weight excluding hydrogens is 250 g/mol. The Balaban J connectivity index is 2.09. The van der Waals surface area contributed by atoms with Gasteiger partial charge in [-0.25, -0.2) is 8.78 Å². The van der Waals surface area contributed by atoms with Crippen molar-refractivity contribution in [3.8, 4) is 0 Å². The van der Waals surface area contributed by atoms with E-state index in [1.165, 1.54) is 6.07 Å². The average Bonchev–Trinajstić information content (AvgIpc) is 2.82. The predicted octanol–water partition coefficient (Wildman–Crippen LogP) is 3.94. The van der Waals surface area contributed by atoms with Crippen LogP contribution in [0.15, 0.2) is 52.9 Å². The topological polar surface area (TPSA) is 30.2 Å². The van der Waals surface area contributed by atoms with Crippen molar-refractivity contribution in [3.63, 3.8) is 0 Å². The second-order valence-corrected chi connectivity index (χ2v) is 4.11. The molecule has 0 aliphatic carbocycles. The zero-order chi connectivity index (χ0) is 13.4. The van der Waals surface area contributed by atoms with Crippen molar-refractivity contribution in [2.45, 2.75) is 0 Å². The van der Waals surface area contributed by atoms with E-state index in [1.54, 1.807) is 30.3 Å². The number of hydrogen-bond acceptors (Lipinski definition) is 2. The van der Waals surface area contributed by atoms with Crippen LogP contribution in [0.2, 0.25) is 0 Å². The fourth-order valence-electron chi connectivity index (χ4n) is 1.88. The Morgan fingerprint density at radius 2 is 1.63 bits per heavy atom. The van der Waals surface area contributed by atoms with Gasteiger partial charge in [0.1, 0.15) is 5.58 Å². The summed E-state index contributed by atoms with van der Waals surface area (Å²) in [5, 5.41) is 0.359. The number of carbonyl (C=O) groups excluding carboxylic acids is 1. The molecule has 0 aliphatic rings. The molecule has 0 fully saturated rings. The molecule has 2 nitrogen and oxygen atoms in total. The number of halogens is 2. The van der Waals surface area contributed by atoms with Crippen LogP contribution in [-0.4, -0.2) is 5.78 Å². The maximum absolute atomic E-state index is 13.1. The first-order valence-corrected chi connectivity index (χ1v) is 5.63. The van der Waals surface area contributed by atoms with Gasteiger partial charge in [-0.2, -0.15) is 0 Å². The van der Waals surface area contributed by atoms with Crippen LogP contribution in [0, 0.1) is 11.6 Å². The molecule has 0 atom stereocenters. The van der Waals surface area contributed by atoms with Gasteiger partial charge in [0.2, 0.25) is 5.78 Å². The van der Waals surface area contributed by atoms with Gasteiger partial charge in [0, 0.05) is 17.0 Å². The molecule has 0 unspecified atom stereocenters. The molecule has 0 saturated heterocycles. The van der Waals surface area contributed by atoms with Gasteiger partial charge in [-0.1, -0.05) is 30.3 Å². The first-order valence-electron chi connectivity index (χ1n) is 5.63. The van der Waals surface area contributed by atoms with E-state index in [-0.39, 0.29) is 17.1 Å². The standard InChI is InChI=1S/C15H8F2O2/c16-11-6-10-7-14(19-13(10)8-12(11)17)15(18)9-4-2-1-3-5-9/h1-8H. The first kappa shape index (κ1) is 11.6. The fraction of sp³-hybridized carbons (Fsp3) is 0. The highest BCUT2D eigenvalue weighted by Gasteiger charge is 2.15. The summed E-state index contributed by atoms with van der Waals surface area (Å²) >= 11 is 0. The van der Waals surface area contributed by atoms with Gasteiger partial charge >= 0.3 is 0 Å². The van der Waals surface area contributed by atoms with E-state index in [9.17, 15) is 13.6 Å². The highest BCUT2D eigenvalue weighted by molar-refractivity contribution is 6.08. The number of hydrogen-bond donors (Lipinski definition) is 0. The largest absolute Gasteiger partial charge is 0.452 e. The monoisotopic (exact) mass is 258 g/mol. The molecule has 2 aromatic carbocycles. The second kappa shape index (κ2) is 4.31. The van der Waals surface area contributed by atoms with Crippen molar-refractivity contribution < 1.29 is 18.0 Å². The van der Waals surface area contributed by atoms with Gasteiger partial charge < -0.3 is 4.42 Å². The van der Waals surface area contributed by atoms with Crippen molar-refractivity contribution in [2.24, 2.45) is 0 Å². The second-order valence-electron chi connectivity index (χ2n) is 4.11. The Kier molecular flexibility index (Phi) is 2.63. The van der Waals surface area contributed by atoms with Gasteiger partial charge in [-0.3, -0.25) is 4.79 Å². The minimum atomic E-state index is -0.999. The van der Waals surface area contributed by atoms with Gasteiger partial charge in [0.05, 0.1) is 0 Å². The highest BCUT2D eigenvalue weighted by atomic mass is 19.2. The summed E-state index contributed by atoms with van der Waals surface area (Å²) in [6.45, 7) is 0. The number of carbonyl (C=O) groups is 1. The SMILES string of the molecule is O=C(c1ccccc1)c1cc2cc(F)c(F)cc2o1.